The maximum atomic E-state index is 6.07. The number of fused-ring (bicyclic) bond motifs is 1. The molecule has 106 valence electrons. The predicted octanol–water partition coefficient (Wildman–Crippen LogP) is 4.14. The third-order valence-corrected chi connectivity index (χ3v) is 3.62. The summed E-state index contributed by atoms with van der Waals surface area (Å²) in [7, 11) is 0. The van der Waals surface area contributed by atoms with E-state index in [0.717, 1.165) is 27.8 Å². The minimum Gasteiger partial charge on any atom is -0.437 e. The fourth-order valence-corrected chi connectivity index (χ4v) is 2.63. The van der Waals surface area contributed by atoms with Gasteiger partial charge >= 0.3 is 0 Å². The molecule has 0 atom stereocenters. The third kappa shape index (κ3) is 1.93. The molecule has 0 unspecified atom stereocenters. The van der Waals surface area contributed by atoms with Crippen LogP contribution < -0.4 is 5.73 Å². The highest BCUT2D eigenvalue weighted by molar-refractivity contribution is 6.05. The van der Waals surface area contributed by atoms with Gasteiger partial charge in [0.2, 0.25) is 5.71 Å². The summed E-state index contributed by atoms with van der Waals surface area (Å²) in [5.74, 6) is 1.18. The van der Waals surface area contributed by atoms with Gasteiger partial charge in [-0.15, -0.1) is 0 Å². The summed E-state index contributed by atoms with van der Waals surface area (Å²) in [5, 5.41) is 0.757. The summed E-state index contributed by atoms with van der Waals surface area (Å²) in [4.78, 5) is 8.32. The van der Waals surface area contributed by atoms with Crippen molar-refractivity contribution in [3.8, 4) is 22.5 Å². The standard InChI is InChI=1S/C18H13N3O/c19-17-15-14(12-7-3-1-4-8-12)16(13-9-5-2-6-10-13)22-18(15)21-11-20-17/h1-11H,(H2,19,20,21). The number of rotatable bonds is 2. The number of anilines is 1. The Morgan fingerprint density at radius 2 is 1.41 bits per heavy atom. The second-order valence-electron chi connectivity index (χ2n) is 4.98. The summed E-state index contributed by atoms with van der Waals surface area (Å²) in [6.45, 7) is 0. The molecule has 4 rings (SSSR count). The summed E-state index contributed by atoms with van der Waals surface area (Å²) in [6.07, 6.45) is 1.42. The molecule has 0 fully saturated rings. The van der Waals surface area contributed by atoms with Gasteiger partial charge in [-0.2, -0.15) is 0 Å². The second-order valence-corrected chi connectivity index (χ2v) is 4.98. The number of nitrogens with zero attached hydrogens (tertiary/aromatic N) is 2. The molecule has 0 spiro atoms. The van der Waals surface area contributed by atoms with Gasteiger partial charge < -0.3 is 10.2 Å². The van der Waals surface area contributed by atoms with E-state index in [4.69, 9.17) is 10.2 Å². The van der Waals surface area contributed by atoms with Crippen molar-refractivity contribution in [2.24, 2.45) is 0 Å². The van der Waals surface area contributed by atoms with E-state index in [1.165, 1.54) is 6.33 Å². The Bertz CT molecular complexity index is 931. The first-order chi connectivity index (χ1) is 10.8. The zero-order valence-electron chi connectivity index (χ0n) is 11.7. The first kappa shape index (κ1) is 12.6. The summed E-state index contributed by atoms with van der Waals surface area (Å²) < 4.78 is 5.99. The van der Waals surface area contributed by atoms with Gasteiger partial charge in [0.1, 0.15) is 17.9 Å². The molecule has 0 saturated heterocycles. The Hall–Kier alpha value is -3.14. The van der Waals surface area contributed by atoms with Gasteiger partial charge in [-0.05, 0) is 5.56 Å². The fourth-order valence-electron chi connectivity index (χ4n) is 2.63. The predicted molar refractivity (Wildman–Crippen MR) is 87.1 cm³/mol. The largest absolute Gasteiger partial charge is 0.437 e. The Morgan fingerprint density at radius 1 is 0.773 bits per heavy atom. The molecule has 4 nitrogen and oxygen atoms in total. The van der Waals surface area contributed by atoms with Crippen molar-refractivity contribution in [1.82, 2.24) is 9.97 Å². The molecule has 0 saturated carbocycles. The van der Waals surface area contributed by atoms with E-state index in [1.54, 1.807) is 0 Å². The van der Waals surface area contributed by atoms with Crippen LogP contribution >= 0.6 is 0 Å². The monoisotopic (exact) mass is 287 g/mol. The smallest absolute Gasteiger partial charge is 0.232 e. The summed E-state index contributed by atoms with van der Waals surface area (Å²) in [5.41, 5.74) is 9.52. The van der Waals surface area contributed by atoms with Crippen molar-refractivity contribution >= 4 is 16.9 Å². The molecule has 0 radical (unpaired) electrons. The van der Waals surface area contributed by atoms with Gasteiger partial charge in [0.15, 0.2) is 0 Å². The van der Waals surface area contributed by atoms with Crippen LogP contribution in [0.15, 0.2) is 71.4 Å². The molecule has 2 N–H and O–H groups in total. The number of hydrogen-bond donors (Lipinski definition) is 1. The van der Waals surface area contributed by atoms with Crippen LogP contribution in [-0.4, -0.2) is 9.97 Å². The Balaban J connectivity index is 2.11. The van der Waals surface area contributed by atoms with Crippen LogP contribution in [0, 0.1) is 0 Å². The van der Waals surface area contributed by atoms with Crippen LogP contribution in [0.2, 0.25) is 0 Å². The van der Waals surface area contributed by atoms with Crippen LogP contribution in [0.25, 0.3) is 33.6 Å². The van der Waals surface area contributed by atoms with Crippen LogP contribution in [0.4, 0.5) is 5.82 Å². The second kappa shape index (κ2) is 5.00. The van der Waals surface area contributed by atoms with E-state index in [-0.39, 0.29) is 0 Å². The molecule has 0 aliphatic heterocycles. The first-order valence-electron chi connectivity index (χ1n) is 6.98. The van der Waals surface area contributed by atoms with Crippen molar-refractivity contribution in [2.45, 2.75) is 0 Å². The van der Waals surface area contributed by atoms with Gasteiger partial charge in [-0.1, -0.05) is 60.7 Å². The van der Waals surface area contributed by atoms with Crippen molar-refractivity contribution in [3.05, 3.63) is 67.0 Å². The lowest BCUT2D eigenvalue weighted by atomic mass is 9.99. The van der Waals surface area contributed by atoms with Crippen LogP contribution in [-0.2, 0) is 0 Å². The molecule has 0 aliphatic carbocycles. The number of furan rings is 1. The van der Waals surface area contributed by atoms with Gasteiger partial charge in [0.25, 0.3) is 0 Å². The molecule has 0 bridgehead atoms. The number of aromatic nitrogens is 2. The lowest BCUT2D eigenvalue weighted by molar-refractivity contribution is 0.618. The van der Waals surface area contributed by atoms with Crippen molar-refractivity contribution < 1.29 is 4.42 Å². The number of nitrogen functional groups attached to an aromatic ring is 1. The molecule has 4 aromatic rings. The molecular weight excluding hydrogens is 274 g/mol. The lowest BCUT2D eigenvalue weighted by Crippen LogP contribution is -1.92. The highest BCUT2D eigenvalue weighted by atomic mass is 16.3. The molecule has 2 aromatic carbocycles. The Morgan fingerprint density at radius 3 is 2.09 bits per heavy atom. The van der Waals surface area contributed by atoms with Gasteiger partial charge in [-0.25, -0.2) is 9.97 Å². The van der Waals surface area contributed by atoms with Crippen LogP contribution in [0.1, 0.15) is 0 Å². The van der Waals surface area contributed by atoms with Crippen LogP contribution in [0.3, 0.4) is 0 Å². The molecule has 4 heteroatoms. The average Bonchev–Trinajstić information content (AvgIpc) is 2.97. The molecule has 0 aliphatic rings. The third-order valence-electron chi connectivity index (χ3n) is 3.62. The van der Waals surface area contributed by atoms with E-state index in [1.807, 2.05) is 60.7 Å². The zero-order chi connectivity index (χ0) is 14.9. The van der Waals surface area contributed by atoms with Crippen molar-refractivity contribution in [2.75, 3.05) is 5.73 Å². The van der Waals surface area contributed by atoms with Crippen molar-refractivity contribution in [1.29, 1.82) is 0 Å². The van der Waals surface area contributed by atoms with E-state index in [9.17, 15) is 0 Å². The quantitative estimate of drug-likeness (QED) is 0.601. The van der Waals surface area contributed by atoms with E-state index in [0.29, 0.717) is 11.5 Å². The summed E-state index contributed by atoms with van der Waals surface area (Å²) in [6, 6.07) is 20.0. The highest BCUT2D eigenvalue weighted by Gasteiger charge is 2.20. The molecule has 2 heterocycles. The minimum absolute atomic E-state index is 0.426. The van der Waals surface area contributed by atoms with Crippen LogP contribution in [0.5, 0.6) is 0 Å². The van der Waals surface area contributed by atoms with E-state index in [2.05, 4.69) is 9.97 Å². The average molecular weight is 287 g/mol. The van der Waals surface area contributed by atoms with Crippen molar-refractivity contribution in [3.63, 3.8) is 0 Å². The minimum atomic E-state index is 0.426. The lowest BCUT2D eigenvalue weighted by Gasteiger charge is -2.04. The van der Waals surface area contributed by atoms with E-state index >= 15 is 0 Å². The molecule has 2 aromatic heterocycles. The maximum Gasteiger partial charge on any atom is 0.232 e. The highest BCUT2D eigenvalue weighted by Crippen LogP contribution is 2.41. The number of nitrogens with two attached hydrogens (primary N) is 1. The van der Waals surface area contributed by atoms with Gasteiger partial charge in [-0.3, -0.25) is 0 Å². The fraction of sp³-hybridized carbons (Fsp3) is 0. The normalized spacial score (nSPS) is 10.9. The molecular formula is C18H13N3O. The number of benzene rings is 2. The maximum absolute atomic E-state index is 6.07. The van der Waals surface area contributed by atoms with Gasteiger partial charge in [0.05, 0.1) is 5.39 Å². The van der Waals surface area contributed by atoms with Gasteiger partial charge in [0, 0.05) is 11.1 Å². The number of hydrogen-bond acceptors (Lipinski definition) is 4. The van der Waals surface area contributed by atoms with E-state index < -0.39 is 0 Å². The molecule has 0 amide bonds. The zero-order valence-corrected chi connectivity index (χ0v) is 11.7. The first-order valence-corrected chi connectivity index (χ1v) is 6.98. The Kier molecular flexibility index (Phi) is 2.86. The molecule has 22 heavy (non-hydrogen) atoms. The summed E-state index contributed by atoms with van der Waals surface area (Å²) >= 11 is 0. The SMILES string of the molecule is Nc1ncnc2oc(-c3ccccc3)c(-c3ccccc3)c12. The Labute approximate surface area is 127 Å². The topological polar surface area (TPSA) is 64.9 Å².